The van der Waals surface area contributed by atoms with Gasteiger partial charge in [0.1, 0.15) is 0 Å². The highest BCUT2D eigenvalue weighted by molar-refractivity contribution is 7.12. The van der Waals surface area contributed by atoms with Crippen molar-refractivity contribution in [2.75, 3.05) is 46.4 Å². The Morgan fingerprint density at radius 3 is 2.77 bits per heavy atom. The Hall–Kier alpha value is -1.44. The summed E-state index contributed by atoms with van der Waals surface area (Å²) in [5.41, 5.74) is 0. The van der Waals surface area contributed by atoms with E-state index in [4.69, 9.17) is 4.74 Å². The van der Waals surface area contributed by atoms with E-state index in [-0.39, 0.29) is 17.7 Å². The van der Waals surface area contributed by atoms with Gasteiger partial charge < -0.3 is 15.0 Å². The third-order valence-electron chi connectivity index (χ3n) is 5.43. The molecule has 1 aromatic rings. The topological polar surface area (TPSA) is 61.9 Å². The highest BCUT2D eigenvalue weighted by Crippen LogP contribution is 2.25. The van der Waals surface area contributed by atoms with Crippen LogP contribution in [-0.2, 0) is 9.53 Å². The average Bonchev–Trinajstić information content (AvgIpc) is 3.22. The van der Waals surface area contributed by atoms with Gasteiger partial charge in [-0.1, -0.05) is 6.07 Å². The summed E-state index contributed by atoms with van der Waals surface area (Å²) >= 11 is 1.51. The summed E-state index contributed by atoms with van der Waals surface area (Å²) in [5.74, 6) is 0.385. The molecule has 6 nitrogen and oxygen atoms in total. The first-order chi connectivity index (χ1) is 12.7. The van der Waals surface area contributed by atoms with Gasteiger partial charge in [-0.25, -0.2) is 0 Å². The van der Waals surface area contributed by atoms with Gasteiger partial charge in [-0.3, -0.25) is 14.5 Å². The van der Waals surface area contributed by atoms with Crippen LogP contribution in [-0.4, -0.2) is 74.1 Å². The van der Waals surface area contributed by atoms with Gasteiger partial charge >= 0.3 is 0 Å². The predicted octanol–water partition coefficient (Wildman–Crippen LogP) is 1.83. The van der Waals surface area contributed by atoms with Crippen LogP contribution in [0, 0.1) is 5.92 Å². The summed E-state index contributed by atoms with van der Waals surface area (Å²) < 4.78 is 5.00. The number of thiophene rings is 1. The maximum absolute atomic E-state index is 12.5. The largest absolute Gasteiger partial charge is 0.383 e. The summed E-state index contributed by atoms with van der Waals surface area (Å²) in [6, 6.07) is 4.31. The Kier molecular flexibility index (Phi) is 7.05. The molecule has 2 fully saturated rings. The molecule has 2 amide bonds. The quantitative estimate of drug-likeness (QED) is 0.766. The molecule has 2 saturated heterocycles. The number of ether oxygens (including phenoxy) is 1. The van der Waals surface area contributed by atoms with Crippen LogP contribution in [0.4, 0.5) is 0 Å². The van der Waals surface area contributed by atoms with E-state index in [9.17, 15) is 9.59 Å². The maximum Gasteiger partial charge on any atom is 0.263 e. The van der Waals surface area contributed by atoms with Crippen LogP contribution >= 0.6 is 11.3 Å². The molecule has 0 radical (unpaired) electrons. The predicted molar refractivity (Wildman–Crippen MR) is 102 cm³/mol. The van der Waals surface area contributed by atoms with Gasteiger partial charge in [-0.15, -0.1) is 11.3 Å². The van der Waals surface area contributed by atoms with Gasteiger partial charge in [-0.05, 0) is 43.7 Å². The molecule has 3 heterocycles. The van der Waals surface area contributed by atoms with E-state index in [0.29, 0.717) is 19.2 Å². The molecule has 1 N–H and O–H groups in total. The lowest BCUT2D eigenvalue weighted by atomic mass is 9.93. The van der Waals surface area contributed by atoms with E-state index < -0.39 is 0 Å². The minimum atomic E-state index is 0.0754. The lowest BCUT2D eigenvalue weighted by Crippen LogP contribution is -2.51. The number of nitrogens with one attached hydrogen (secondary N) is 1. The molecule has 2 aliphatic heterocycles. The summed E-state index contributed by atoms with van der Waals surface area (Å²) in [7, 11) is 1.64. The molecule has 0 spiro atoms. The zero-order valence-corrected chi connectivity index (χ0v) is 16.3. The lowest BCUT2D eigenvalue weighted by molar-refractivity contribution is -0.127. The second kappa shape index (κ2) is 9.48. The normalized spacial score (nSPS) is 22.3. The van der Waals surface area contributed by atoms with Gasteiger partial charge in [0.2, 0.25) is 5.91 Å². The second-order valence-electron chi connectivity index (χ2n) is 7.12. The van der Waals surface area contributed by atoms with Gasteiger partial charge in [0.15, 0.2) is 0 Å². The number of amides is 2. The van der Waals surface area contributed by atoms with E-state index in [1.807, 2.05) is 22.4 Å². The van der Waals surface area contributed by atoms with Crippen molar-refractivity contribution in [2.45, 2.75) is 31.7 Å². The summed E-state index contributed by atoms with van der Waals surface area (Å²) in [4.78, 5) is 30.1. The molecular formula is C19H29N3O3S. The zero-order valence-electron chi connectivity index (χ0n) is 15.5. The highest BCUT2D eigenvalue weighted by atomic mass is 32.1. The molecule has 7 heteroatoms. The number of carbonyl (C=O) groups excluding carboxylic acids is 2. The van der Waals surface area contributed by atoms with Gasteiger partial charge in [0, 0.05) is 39.3 Å². The number of carbonyl (C=O) groups is 2. The fourth-order valence-electron chi connectivity index (χ4n) is 3.96. The third-order valence-corrected chi connectivity index (χ3v) is 6.29. The van der Waals surface area contributed by atoms with Gasteiger partial charge in [0.05, 0.1) is 17.4 Å². The molecule has 0 aliphatic carbocycles. The van der Waals surface area contributed by atoms with E-state index in [1.54, 1.807) is 7.11 Å². The number of rotatable bonds is 6. The van der Waals surface area contributed by atoms with Crippen LogP contribution in [0.3, 0.4) is 0 Å². The highest BCUT2D eigenvalue weighted by Gasteiger charge is 2.32. The minimum Gasteiger partial charge on any atom is -0.383 e. The Morgan fingerprint density at radius 2 is 2.08 bits per heavy atom. The van der Waals surface area contributed by atoms with Crippen LogP contribution in [0.15, 0.2) is 17.5 Å². The number of hydrogen-bond acceptors (Lipinski definition) is 5. The fraction of sp³-hybridized carbons (Fsp3) is 0.684. The minimum absolute atomic E-state index is 0.0754. The summed E-state index contributed by atoms with van der Waals surface area (Å²) in [6.45, 7) is 4.65. The van der Waals surface area contributed by atoms with Crippen LogP contribution in [0.2, 0.25) is 0 Å². The molecule has 1 atom stereocenters. The number of hydrogen-bond donors (Lipinski definition) is 1. The molecule has 0 bridgehead atoms. The molecule has 144 valence electrons. The first kappa shape index (κ1) is 19.3. The maximum atomic E-state index is 12.5. The van der Waals surface area contributed by atoms with Gasteiger partial charge in [-0.2, -0.15) is 0 Å². The zero-order chi connectivity index (χ0) is 18.4. The standard InChI is InChI=1S/C19H29N3O3S/c1-25-12-8-20-18(23)15-4-2-9-22(14-15)16-6-10-21(11-7-16)19(24)17-5-3-13-26-17/h3,5,13,15-16H,2,4,6-12,14H2,1H3,(H,20,23)/t15-/m1/s1. The Labute approximate surface area is 159 Å². The number of methoxy groups -OCH3 is 1. The first-order valence-corrected chi connectivity index (χ1v) is 10.4. The van der Waals surface area contributed by atoms with E-state index in [0.717, 1.165) is 56.7 Å². The van der Waals surface area contributed by atoms with Crippen molar-refractivity contribution in [3.63, 3.8) is 0 Å². The molecule has 0 saturated carbocycles. The molecule has 0 aromatic carbocycles. The Morgan fingerprint density at radius 1 is 1.27 bits per heavy atom. The van der Waals surface area contributed by atoms with Crippen molar-refractivity contribution < 1.29 is 14.3 Å². The van der Waals surface area contributed by atoms with Crippen molar-refractivity contribution in [1.82, 2.24) is 15.1 Å². The van der Waals surface area contributed by atoms with E-state index in [1.165, 1.54) is 11.3 Å². The monoisotopic (exact) mass is 379 g/mol. The molecule has 2 aliphatic rings. The first-order valence-electron chi connectivity index (χ1n) is 9.52. The summed E-state index contributed by atoms with van der Waals surface area (Å²) in [6.07, 6.45) is 4.02. The average molecular weight is 380 g/mol. The van der Waals surface area contributed by atoms with Crippen LogP contribution in [0.25, 0.3) is 0 Å². The molecule has 0 unspecified atom stereocenters. The van der Waals surface area contributed by atoms with Crippen molar-refractivity contribution in [1.29, 1.82) is 0 Å². The van der Waals surface area contributed by atoms with Crippen LogP contribution in [0.5, 0.6) is 0 Å². The number of likely N-dealkylation sites (tertiary alicyclic amines) is 2. The Bertz CT molecular complexity index is 585. The smallest absolute Gasteiger partial charge is 0.263 e. The van der Waals surface area contributed by atoms with Gasteiger partial charge in [0.25, 0.3) is 5.91 Å². The number of piperidine rings is 2. The SMILES string of the molecule is COCCNC(=O)[C@@H]1CCCN(C2CCN(C(=O)c3cccs3)CC2)C1. The van der Waals surface area contributed by atoms with E-state index >= 15 is 0 Å². The van der Waals surface area contributed by atoms with Crippen molar-refractivity contribution >= 4 is 23.2 Å². The third kappa shape index (κ3) is 4.84. The second-order valence-corrected chi connectivity index (χ2v) is 8.07. The van der Waals surface area contributed by atoms with Crippen molar-refractivity contribution in [3.8, 4) is 0 Å². The van der Waals surface area contributed by atoms with Crippen molar-refractivity contribution in [2.24, 2.45) is 5.92 Å². The molecule has 1 aromatic heterocycles. The molecule has 3 rings (SSSR count). The lowest BCUT2D eigenvalue weighted by Gasteiger charge is -2.42. The molecular weight excluding hydrogens is 350 g/mol. The Balaban J connectivity index is 1.46. The number of nitrogens with zero attached hydrogens (tertiary/aromatic N) is 2. The summed E-state index contributed by atoms with van der Waals surface area (Å²) in [5, 5.41) is 4.92. The molecule has 26 heavy (non-hydrogen) atoms. The van der Waals surface area contributed by atoms with Crippen molar-refractivity contribution in [3.05, 3.63) is 22.4 Å². The van der Waals surface area contributed by atoms with E-state index in [2.05, 4.69) is 10.2 Å². The van der Waals surface area contributed by atoms with Crippen LogP contribution in [0.1, 0.15) is 35.4 Å². The fourth-order valence-corrected chi connectivity index (χ4v) is 4.65. The van der Waals surface area contributed by atoms with Crippen LogP contribution < -0.4 is 5.32 Å².